The lowest BCUT2D eigenvalue weighted by Gasteiger charge is -2.20. The van der Waals surface area contributed by atoms with E-state index in [1.54, 1.807) is 0 Å². The molecule has 0 spiro atoms. The number of benzene rings is 1. The molecular weight excluding hydrogens is 222 g/mol. The second-order valence-electron chi connectivity index (χ2n) is 5.46. The molecule has 0 saturated heterocycles. The Morgan fingerprint density at radius 2 is 2.00 bits per heavy atom. The summed E-state index contributed by atoms with van der Waals surface area (Å²) in [5, 5.41) is 3.51. The SMILES string of the molecule is CCC(C)c1ccccc1OC(C)CNC1CC1. The van der Waals surface area contributed by atoms with Crippen LogP contribution in [0.4, 0.5) is 0 Å². The van der Waals surface area contributed by atoms with Crippen LogP contribution in [0.2, 0.25) is 0 Å². The van der Waals surface area contributed by atoms with Gasteiger partial charge in [-0.2, -0.15) is 0 Å². The molecule has 0 bridgehead atoms. The van der Waals surface area contributed by atoms with Gasteiger partial charge in [0.1, 0.15) is 11.9 Å². The highest BCUT2D eigenvalue weighted by atomic mass is 16.5. The predicted molar refractivity (Wildman–Crippen MR) is 76.3 cm³/mol. The second-order valence-corrected chi connectivity index (χ2v) is 5.46. The van der Waals surface area contributed by atoms with Crippen LogP contribution in [0.15, 0.2) is 24.3 Å². The average molecular weight is 247 g/mol. The number of rotatable bonds is 7. The molecule has 1 aliphatic rings. The Morgan fingerprint density at radius 3 is 2.67 bits per heavy atom. The van der Waals surface area contributed by atoms with Crippen LogP contribution in [0, 0.1) is 0 Å². The molecule has 1 fully saturated rings. The smallest absolute Gasteiger partial charge is 0.123 e. The first kappa shape index (κ1) is 13.4. The van der Waals surface area contributed by atoms with Gasteiger partial charge < -0.3 is 10.1 Å². The summed E-state index contributed by atoms with van der Waals surface area (Å²) in [4.78, 5) is 0. The van der Waals surface area contributed by atoms with Crippen molar-refractivity contribution in [3.05, 3.63) is 29.8 Å². The maximum absolute atomic E-state index is 6.08. The molecule has 0 heterocycles. The van der Waals surface area contributed by atoms with E-state index in [1.165, 1.54) is 18.4 Å². The van der Waals surface area contributed by atoms with Gasteiger partial charge in [-0.15, -0.1) is 0 Å². The van der Waals surface area contributed by atoms with Crippen LogP contribution >= 0.6 is 0 Å². The highest BCUT2D eigenvalue weighted by molar-refractivity contribution is 5.36. The van der Waals surface area contributed by atoms with E-state index < -0.39 is 0 Å². The van der Waals surface area contributed by atoms with Gasteiger partial charge in [-0.3, -0.25) is 0 Å². The van der Waals surface area contributed by atoms with Crippen molar-refractivity contribution < 1.29 is 4.74 Å². The van der Waals surface area contributed by atoms with E-state index >= 15 is 0 Å². The summed E-state index contributed by atoms with van der Waals surface area (Å²) in [7, 11) is 0. The van der Waals surface area contributed by atoms with Crippen molar-refractivity contribution in [2.24, 2.45) is 0 Å². The van der Waals surface area contributed by atoms with Crippen molar-refractivity contribution in [3.8, 4) is 5.75 Å². The quantitative estimate of drug-likeness (QED) is 0.793. The van der Waals surface area contributed by atoms with E-state index in [0.717, 1.165) is 24.8 Å². The van der Waals surface area contributed by atoms with Crippen LogP contribution in [0.1, 0.15) is 51.5 Å². The predicted octanol–water partition coefficient (Wildman–Crippen LogP) is 3.72. The standard InChI is InChI=1S/C16H25NO/c1-4-12(2)15-7-5-6-8-16(15)18-13(3)11-17-14-9-10-14/h5-8,12-14,17H,4,9-11H2,1-3H3. The van der Waals surface area contributed by atoms with Crippen molar-refractivity contribution >= 4 is 0 Å². The fourth-order valence-electron chi connectivity index (χ4n) is 2.09. The van der Waals surface area contributed by atoms with Crippen LogP contribution in [0.3, 0.4) is 0 Å². The van der Waals surface area contributed by atoms with Crippen molar-refractivity contribution in [1.29, 1.82) is 0 Å². The largest absolute Gasteiger partial charge is 0.489 e. The minimum absolute atomic E-state index is 0.232. The fourth-order valence-corrected chi connectivity index (χ4v) is 2.09. The monoisotopic (exact) mass is 247 g/mol. The van der Waals surface area contributed by atoms with Crippen molar-refractivity contribution in [2.75, 3.05) is 6.54 Å². The van der Waals surface area contributed by atoms with Gasteiger partial charge in [-0.1, -0.05) is 32.0 Å². The highest BCUT2D eigenvalue weighted by Crippen LogP contribution is 2.29. The number of hydrogen-bond acceptors (Lipinski definition) is 2. The van der Waals surface area contributed by atoms with Gasteiger partial charge in [0.25, 0.3) is 0 Å². The minimum atomic E-state index is 0.232. The summed E-state index contributed by atoms with van der Waals surface area (Å²) < 4.78 is 6.08. The molecule has 1 N–H and O–H groups in total. The first-order valence-electron chi connectivity index (χ1n) is 7.19. The minimum Gasteiger partial charge on any atom is -0.489 e. The summed E-state index contributed by atoms with van der Waals surface area (Å²) in [6.07, 6.45) is 4.04. The normalized spacial score (nSPS) is 18.4. The molecule has 1 aromatic rings. The molecule has 0 amide bonds. The molecule has 100 valence electrons. The number of para-hydroxylation sites is 1. The number of ether oxygens (including phenoxy) is 1. The van der Waals surface area contributed by atoms with Crippen LogP contribution in [-0.4, -0.2) is 18.7 Å². The van der Waals surface area contributed by atoms with Gasteiger partial charge in [0, 0.05) is 12.6 Å². The lowest BCUT2D eigenvalue weighted by molar-refractivity contribution is 0.213. The van der Waals surface area contributed by atoms with Gasteiger partial charge >= 0.3 is 0 Å². The third kappa shape index (κ3) is 3.74. The zero-order chi connectivity index (χ0) is 13.0. The third-order valence-electron chi connectivity index (χ3n) is 3.66. The van der Waals surface area contributed by atoms with E-state index in [2.05, 4.69) is 50.4 Å². The van der Waals surface area contributed by atoms with Crippen molar-refractivity contribution in [3.63, 3.8) is 0 Å². The summed E-state index contributed by atoms with van der Waals surface area (Å²) in [6, 6.07) is 9.18. The van der Waals surface area contributed by atoms with E-state index in [-0.39, 0.29) is 6.10 Å². The molecule has 2 unspecified atom stereocenters. The maximum atomic E-state index is 6.08. The Balaban J connectivity index is 1.93. The molecule has 1 saturated carbocycles. The molecule has 2 heteroatoms. The molecule has 2 nitrogen and oxygen atoms in total. The lowest BCUT2D eigenvalue weighted by Crippen LogP contribution is -2.30. The molecule has 0 aromatic heterocycles. The van der Waals surface area contributed by atoms with Crippen LogP contribution in [-0.2, 0) is 0 Å². The lowest BCUT2D eigenvalue weighted by atomic mass is 9.98. The first-order valence-corrected chi connectivity index (χ1v) is 7.19. The van der Waals surface area contributed by atoms with E-state index in [4.69, 9.17) is 4.74 Å². The van der Waals surface area contributed by atoms with Crippen LogP contribution < -0.4 is 10.1 Å². The molecule has 1 aromatic carbocycles. The molecular formula is C16H25NO. The van der Waals surface area contributed by atoms with Gasteiger partial charge in [-0.25, -0.2) is 0 Å². The molecule has 1 aliphatic carbocycles. The van der Waals surface area contributed by atoms with Crippen molar-refractivity contribution in [2.45, 2.75) is 58.1 Å². The summed E-state index contributed by atoms with van der Waals surface area (Å²) in [6.45, 7) is 7.57. The van der Waals surface area contributed by atoms with Gasteiger partial charge in [0.15, 0.2) is 0 Å². The van der Waals surface area contributed by atoms with E-state index in [1.807, 2.05) is 0 Å². The Labute approximate surface area is 111 Å². The zero-order valence-corrected chi connectivity index (χ0v) is 11.8. The zero-order valence-electron chi connectivity index (χ0n) is 11.8. The Bertz CT molecular complexity index is 373. The number of hydrogen-bond donors (Lipinski definition) is 1. The van der Waals surface area contributed by atoms with Crippen molar-refractivity contribution in [1.82, 2.24) is 5.32 Å². The molecule has 0 radical (unpaired) electrons. The Morgan fingerprint density at radius 1 is 1.28 bits per heavy atom. The number of nitrogens with one attached hydrogen (secondary N) is 1. The highest BCUT2D eigenvalue weighted by Gasteiger charge is 2.21. The van der Waals surface area contributed by atoms with Gasteiger partial charge in [0.05, 0.1) is 0 Å². The summed E-state index contributed by atoms with van der Waals surface area (Å²) >= 11 is 0. The summed E-state index contributed by atoms with van der Waals surface area (Å²) in [5.74, 6) is 1.61. The van der Waals surface area contributed by atoms with Gasteiger partial charge in [0.2, 0.25) is 0 Å². The topological polar surface area (TPSA) is 21.3 Å². The molecule has 18 heavy (non-hydrogen) atoms. The molecule has 2 rings (SSSR count). The van der Waals surface area contributed by atoms with Gasteiger partial charge in [-0.05, 0) is 43.7 Å². The average Bonchev–Trinajstić information content (AvgIpc) is 3.20. The Hall–Kier alpha value is -1.02. The fraction of sp³-hybridized carbons (Fsp3) is 0.625. The summed E-state index contributed by atoms with van der Waals surface area (Å²) in [5.41, 5.74) is 1.33. The molecule has 0 aliphatic heterocycles. The van der Waals surface area contributed by atoms with Crippen LogP contribution in [0.25, 0.3) is 0 Å². The third-order valence-corrected chi connectivity index (χ3v) is 3.66. The first-order chi connectivity index (χ1) is 8.70. The van der Waals surface area contributed by atoms with E-state index in [9.17, 15) is 0 Å². The second kappa shape index (κ2) is 6.24. The van der Waals surface area contributed by atoms with E-state index in [0.29, 0.717) is 5.92 Å². The Kier molecular flexibility index (Phi) is 4.65. The molecule has 2 atom stereocenters. The van der Waals surface area contributed by atoms with Crippen LogP contribution in [0.5, 0.6) is 5.75 Å². The maximum Gasteiger partial charge on any atom is 0.123 e.